The average molecular weight is 427 g/mol. The molecule has 4 heterocycles. The summed E-state index contributed by atoms with van der Waals surface area (Å²) in [4.78, 5) is 16.3. The van der Waals surface area contributed by atoms with Gasteiger partial charge in [-0.3, -0.25) is 9.48 Å². The molecule has 2 saturated heterocycles. The summed E-state index contributed by atoms with van der Waals surface area (Å²) in [5.74, 6) is 1.11. The van der Waals surface area contributed by atoms with Crippen molar-refractivity contribution in [1.29, 1.82) is 0 Å². The number of rotatable bonds is 5. The van der Waals surface area contributed by atoms with E-state index in [2.05, 4.69) is 33.4 Å². The number of hydrogen-bond acceptors (Lipinski definition) is 6. The third-order valence-electron chi connectivity index (χ3n) is 6.05. The first-order chi connectivity index (χ1) is 14.6. The van der Waals surface area contributed by atoms with Crippen molar-refractivity contribution in [2.45, 2.75) is 45.3 Å². The number of carbonyl (C=O) groups is 1. The quantitative estimate of drug-likeness (QED) is 0.673. The van der Waals surface area contributed by atoms with Gasteiger partial charge in [0.15, 0.2) is 0 Å². The smallest absolute Gasteiger partial charge is 0.220 e. The van der Waals surface area contributed by atoms with Crippen LogP contribution in [0.15, 0.2) is 24.5 Å². The zero-order valence-corrected chi connectivity index (χ0v) is 18.1. The standard InChI is InChI=1S/C22H26N4O3S/c1-13(16-9-21(27)23-10-16)29-20-8-15(7-19-22(20)30-14(2)25-19)17-11-24-26(12-17)18-3-5-28-6-4-18/h7-8,11-13,16,18H,3-6,9-10H2,1-2H3,(H,23,27)/t13-,16?/m1/s1. The molecule has 1 N–H and O–H groups in total. The minimum Gasteiger partial charge on any atom is -0.489 e. The Morgan fingerprint density at radius 3 is 2.90 bits per heavy atom. The van der Waals surface area contributed by atoms with Crippen LogP contribution in [0.1, 0.15) is 37.2 Å². The molecular weight excluding hydrogens is 400 g/mol. The zero-order chi connectivity index (χ0) is 20.7. The second kappa shape index (κ2) is 8.00. The number of nitrogens with zero attached hydrogens (tertiary/aromatic N) is 3. The summed E-state index contributed by atoms with van der Waals surface area (Å²) >= 11 is 1.64. The highest BCUT2D eigenvalue weighted by Crippen LogP contribution is 2.37. The third-order valence-corrected chi connectivity index (χ3v) is 7.05. The lowest BCUT2D eigenvalue weighted by Gasteiger charge is -2.22. The van der Waals surface area contributed by atoms with Crippen LogP contribution in [0, 0.1) is 12.8 Å². The molecule has 2 aliphatic rings. The third kappa shape index (κ3) is 3.81. The van der Waals surface area contributed by atoms with E-state index < -0.39 is 0 Å². The van der Waals surface area contributed by atoms with Gasteiger partial charge in [0.2, 0.25) is 5.91 Å². The van der Waals surface area contributed by atoms with Crippen molar-refractivity contribution in [3.63, 3.8) is 0 Å². The molecule has 5 rings (SSSR count). The van der Waals surface area contributed by atoms with Gasteiger partial charge in [0, 0.05) is 43.9 Å². The molecule has 0 bridgehead atoms. The summed E-state index contributed by atoms with van der Waals surface area (Å²) in [6, 6.07) is 4.59. The molecule has 2 atom stereocenters. The van der Waals surface area contributed by atoms with E-state index in [1.807, 2.05) is 20.0 Å². The predicted molar refractivity (Wildman–Crippen MR) is 116 cm³/mol. The topological polar surface area (TPSA) is 78.3 Å². The minimum atomic E-state index is -0.0604. The van der Waals surface area contributed by atoms with Crippen molar-refractivity contribution in [3.8, 4) is 16.9 Å². The number of carbonyl (C=O) groups excluding carboxylic acids is 1. The van der Waals surface area contributed by atoms with Crippen molar-refractivity contribution in [2.75, 3.05) is 19.8 Å². The zero-order valence-electron chi connectivity index (χ0n) is 17.3. The lowest BCUT2D eigenvalue weighted by molar-refractivity contribution is -0.119. The number of amides is 1. The van der Waals surface area contributed by atoms with Crippen LogP contribution in [0.2, 0.25) is 0 Å². The van der Waals surface area contributed by atoms with Gasteiger partial charge in [-0.15, -0.1) is 11.3 Å². The number of aryl methyl sites for hydroxylation is 1. The van der Waals surface area contributed by atoms with E-state index in [0.717, 1.165) is 58.2 Å². The summed E-state index contributed by atoms with van der Waals surface area (Å²) in [5, 5.41) is 8.53. The fraction of sp³-hybridized carbons (Fsp3) is 0.500. The van der Waals surface area contributed by atoms with Crippen molar-refractivity contribution >= 4 is 27.5 Å². The van der Waals surface area contributed by atoms with Gasteiger partial charge in [0.25, 0.3) is 0 Å². The second-order valence-corrected chi connectivity index (χ2v) is 9.40. The number of hydrogen-bond donors (Lipinski definition) is 1. The van der Waals surface area contributed by atoms with Gasteiger partial charge < -0.3 is 14.8 Å². The maximum absolute atomic E-state index is 11.6. The van der Waals surface area contributed by atoms with Crippen molar-refractivity contribution in [3.05, 3.63) is 29.5 Å². The van der Waals surface area contributed by atoms with Crippen LogP contribution in [-0.2, 0) is 9.53 Å². The van der Waals surface area contributed by atoms with E-state index in [1.165, 1.54) is 0 Å². The van der Waals surface area contributed by atoms with Crippen LogP contribution in [0.5, 0.6) is 5.75 Å². The molecule has 7 nitrogen and oxygen atoms in total. The van der Waals surface area contributed by atoms with Crippen LogP contribution in [-0.4, -0.2) is 46.5 Å². The molecule has 2 aromatic heterocycles. The fourth-order valence-electron chi connectivity index (χ4n) is 4.26. The lowest BCUT2D eigenvalue weighted by atomic mass is 10.0. The monoisotopic (exact) mass is 426 g/mol. The number of nitrogens with one attached hydrogen (secondary N) is 1. The molecule has 30 heavy (non-hydrogen) atoms. The van der Waals surface area contributed by atoms with E-state index in [0.29, 0.717) is 19.0 Å². The summed E-state index contributed by atoms with van der Waals surface area (Å²) < 4.78 is 15.0. The number of ether oxygens (including phenoxy) is 2. The van der Waals surface area contributed by atoms with Crippen LogP contribution < -0.4 is 10.1 Å². The number of fused-ring (bicyclic) bond motifs is 1. The first-order valence-corrected chi connectivity index (χ1v) is 11.4. The molecule has 158 valence electrons. The number of thiazole rings is 1. The molecule has 0 radical (unpaired) electrons. The Morgan fingerprint density at radius 2 is 2.13 bits per heavy atom. The predicted octanol–water partition coefficient (Wildman–Crippen LogP) is 3.72. The highest BCUT2D eigenvalue weighted by atomic mass is 32.1. The largest absolute Gasteiger partial charge is 0.489 e. The normalized spacial score (nSPS) is 21.1. The van der Waals surface area contributed by atoms with Crippen LogP contribution >= 0.6 is 11.3 Å². The lowest BCUT2D eigenvalue weighted by Crippen LogP contribution is -2.25. The van der Waals surface area contributed by atoms with Gasteiger partial charge in [-0.25, -0.2) is 4.98 Å². The summed E-state index contributed by atoms with van der Waals surface area (Å²) in [6.07, 6.45) is 6.47. The van der Waals surface area contributed by atoms with Crippen molar-refractivity contribution < 1.29 is 14.3 Å². The van der Waals surface area contributed by atoms with Gasteiger partial charge in [-0.05, 0) is 44.4 Å². The molecular formula is C22H26N4O3S. The summed E-state index contributed by atoms with van der Waals surface area (Å²) in [7, 11) is 0. The molecule has 0 saturated carbocycles. The van der Waals surface area contributed by atoms with Gasteiger partial charge in [0.1, 0.15) is 11.9 Å². The van der Waals surface area contributed by atoms with E-state index in [9.17, 15) is 4.79 Å². The number of benzene rings is 1. The van der Waals surface area contributed by atoms with Gasteiger partial charge in [-0.2, -0.15) is 5.10 Å². The summed E-state index contributed by atoms with van der Waals surface area (Å²) in [5.41, 5.74) is 3.05. The van der Waals surface area contributed by atoms with Gasteiger partial charge >= 0.3 is 0 Å². The molecule has 0 aliphatic carbocycles. The maximum atomic E-state index is 11.6. The van der Waals surface area contributed by atoms with Crippen molar-refractivity contribution in [1.82, 2.24) is 20.1 Å². The Hall–Kier alpha value is -2.45. The highest BCUT2D eigenvalue weighted by Gasteiger charge is 2.28. The van der Waals surface area contributed by atoms with Crippen LogP contribution in [0.3, 0.4) is 0 Å². The Kier molecular flexibility index (Phi) is 5.20. The van der Waals surface area contributed by atoms with E-state index in [1.54, 1.807) is 11.3 Å². The van der Waals surface area contributed by atoms with Crippen molar-refractivity contribution in [2.24, 2.45) is 5.92 Å². The van der Waals surface area contributed by atoms with Gasteiger partial charge in [0.05, 0.1) is 27.5 Å². The number of aromatic nitrogens is 3. The molecule has 2 fully saturated rings. The average Bonchev–Trinajstić information content (AvgIpc) is 3.47. The Labute approximate surface area is 179 Å². The fourth-order valence-corrected chi connectivity index (χ4v) is 5.12. The maximum Gasteiger partial charge on any atom is 0.220 e. The molecule has 1 aromatic carbocycles. The Balaban J connectivity index is 1.46. The molecule has 8 heteroatoms. The molecule has 1 amide bonds. The molecule has 3 aromatic rings. The molecule has 0 spiro atoms. The van der Waals surface area contributed by atoms with Crippen LogP contribution in [0.25, 0.3) is 21.3 Å². The second-order valence-electron chi connectivity index (χ2n) is 8.20. The first-order valence-electron chi connectivity index (χ1n) is 10.5. The Bertz CT molecular complexity index is 1070. The van der Waals surface area contributed by atoms with E-state index >= 15 is 0 Å². The van der Waals surface area contributed by atoms with Crippen LogP contribution in [0.4, 0.5) is 0 Å². The van der Waals surface area contributed by atoms with E-state index in [-0.39, 0.29) is 17.9 Å². The van der Waals surface area contributed by atoms with Gasteiger partial charge in [-0.1, -0.05) is 0 Å². The van der Waals surface area contributed by atoms with E-state index in [4.69, 9.17) is 14.5 Å². The minimum absolute atomic E-state index is 0.0604. The SMILES string of the molecule is Cc1nc2cc(-c3cnn(C4CCOCC4)c3)cc(O[C@H](C)C3CNC(=O)C3)c2s1. The first kappa shape index (κ1) is 19.5. The Morgan fingerprint density at radius 1 is 1.30 bits per heavy atom. The highest BCUT2D eigenvalue weighted by molar-refractivity contribution is 7.18. The molecule has 2 aliphatic heterocycles. The molecule has 1 unspecified atom stereocenters. The summed E-state index contributed by atoms with van der Waals surface area (Å²) in [6.45, 7) is 6.31.